The second-order valence-corrected chi connectivity index (χ2v) is 6.85. The molecule has 27 heavy (non-hydrogen) atoms. The number of benzene rings is 1. The van der Waals surface area contributed by atoms with Gasteiger partial charge in [0.1, 0.15) is 11.8 Å². The Morgan fingerprint density at radius 3 is 2.52 bits per heavy atom. The second-order valence-electron chi connectivity index (χ2n) is 6.50. The summed E-state index contributed by atoms with van der Waals surface area (Å²) in [6, 6.07) is 6.66. The van der Waals surface area contributed by atoms with Crippen molar-refractivity contribution < 1.29 is 19.1 Å². The van der Waals surface area contributed by atoms with Crippen molar-refractivity contribution in [1.82, 2.24) is 9.78 Å². The maximum absolute atomic E-state index is 12.0. The Morgan fingerprint density at radius 1 is 1.26 bits per heavy atom. The molecular formula is C20H23ClN2O4. The summed E-state index contributed by atoms with van der Waals surface area (Å²) in [5.74, 6) is -0.486. The van der Waals surface area contributed by atoms with Crippen molar-refractivity contribution in [3.8, 4) is 0 Å². The lowest BCUT2D eigenvalue weighted by Gasteiger charge is -2.05. The zero-order valence-corrected chi connectivity index (χ0v) is 16.6. The lowest BCUT2D eigenvalue weighted by molar-refractivity contribution is -0.138. The fourth-order valence-electron chi connectivity index (χ4n) is 2.43. The molecule has 0 unspecified atom stereocenters. The van der Waals surface area contributed by atoms with Crippen LogP contribution in [-0.4, -0.2) is 28.8 Å². The molecule has 7 heteroatoms. The molecule has 0 aliphatic carbocycles. The quantitative estimate of drug-likeness (QED) is 0.527. The molecule has 0 N–H and O–H groups in total. The molecule has 0 aliphatic heterocycles. The zero-order chi connectivity index (χ0) is 20.0. The largest absolute Gasteiger partial charge is 0.465 e. The molecule has 0 saturated heterocycles. The van der Waals surface area contributed by atoms with E-state index in [1.807, 2.05) is 6.92 Å². The number of nitrogens with zero attached hydrogens (tertiary/aromatic N) is 2. The Balaban J connectivity index is 1.96. The number of halogens is 1. The summed E-state index contributed by atoms with van der Waals surface area (Å²) in [5, 5.41) is 4.90. The molecule has 1 aromatic carbocycles. The number of carbonyl (C=O) groups excluding carboxylic acids is 2. The number of esters is 2. The molecule has 2 rings (SSSR count). The van der Waals surface area contributed by atoms with Gasteiger partial charge in [0.15, 0.2) is 0 Å². The number of hydrogen-bond acceptors (Lipinski definition) is 5. The standard InChI is InChI=1S/C20H23ClN2O4/c1-13(2)11-23-19(21)17(14(3)22-23)9-10-18(24)27-12-15-5-7-16(8-6-15)20(25)26-4/h5-10,13H,11-12H2,1-4H3/b10-9+. The van der Waals surface area contributed by atoms with Crippen LogP contribution in [0.4, 0.5) is 0 Å². The normalized spacial score (nSPS) is 11.2. The summed E-state index contributed by atoms with van der Waals surface area (Å²) in [6.07, 6.45) is 2.95. The maximum atomic E-state index is 12.0. The minimum Gasteiger partial charge on any atom is -0.465 e. The van der Waals surface area contributed by atoms with Crippen molar-refractivity contribution >= 4 is 29.6 Å². The average Bonchev–Trinajstić information content (AvgIpc) is 2.90. The Hall–Kier alpha value is -2.60. The monoisotopic (exact) mass is 390 g/mol. The topological polar surface area (TPSA) is 70.4 Å². The number of aromatic nitrogens is 2. The van der Waals surface area contributed by atoms with E-state index in [-0.39, 0.29) is 6.61 Å². The molecule has 144 valence electrons. The van der Waals surface area contributed by atoms with Gasteiger partial charge < -0.3 is 9.47 Å². The van der Waals surface area contributed by atoms with Crippen LogP contribution in [-0.2, 0) is 27.4 Å². The number of ether oxygens (including phenoxy) is 2. The zero-order valence-electron chi connectivity index (χ0n) is 15.9. The molecule has 0 saturated carbocycles. The van der Waals surface area contributed by atoms with Crippen LogP contribution in [0.5, 0.6) is 0 Å². The summed E-state index contributed by atoms with van der Waals surface area (Å²) in [7, 11) is 1.32. The summed E-state index contributed by atoms with van der Waals surface area (Å²) < 4.78 is 11.6. The van der Waals surface area contributed by atoms with Gasteiger partial charge in [0.2, 0.25) is 0 Å². The van der Waals surface area contributed by atoms with Gasteiger partial charge in [-0.15, -0.1) is 0 Å². The molecule has 0 fully saturated rings. The van der Waals surface area contributed by atoms with Crippen molar-refractivity contribution in [1.29, 1.82) is 0 Å². The van der Waals surface area contributed by atoms with Gasteiger partial charge in [0.05, 0.1) is 18.4 Å². The van der Waals surface area contributed by atoms with E-state index in [4.69, 9.17) is 16.3 Å². The number of methoxy groups -OCH3 is 1. The van der Waals surface area contributed by atoms with Gasteiger partial charge in [-0.25, -0.2) is 9.59 Å². The van der Waals surface area contributed by atoms with Crippen LogP contribution in [0, 0.1) is 12.8 Å². The van der Waals surface area contributed by atoms with Gasteiger partial charge in [-0.3, -0.25) is 4.68 Å². The minimum absolute atomic E-state index is 0.101. The van der Waals surface area contributed by atoms with Crippen molar-refractivity contribution in [2.75, 3.05) is 7.11 Å². The fourth-order valence-corrected chi connectivity index (χ4v) is 2.74. The molecule has 6 nitrogen and oxygen atoms in total. The first-order chi connectivity index (χ1) is 12.8. The van der Waals surface area contributed by atoms with Crippen LogP contribution >= 0.6 is 11.6 Å². The molecule has 1 heterocycles. The van der Waals surface area contributed by atoms with Crippen molar-refractivity contribution in [2.45, 2.75) is 33.9 Å². The molecular weight excluding hydrogens is 368 g/mol. The van der Waals surface area contributed by atoms with Crippen molar-refractivity contribution in [3.63, 3.8) is 0 Å². The van der Waals surface area contributed by atoms with E-state index in [0.29, 0.717) is 28.7 Å². The molecule has 0 spiro atoms. The average molecular weight is 391 g/mol. The molecule has 0 atom stereocenters. The predicted octanol–water partition coefficient (Wildman–Crippen LogP) is 4.04. The number of carbonyl (C=O) groups is 2. The SMILES string of the molecule is COC(=O)c1ccc(COC(=O)/C=C/c2c(C)nn(CC(C)C)c2Cl)cc1. The molecule has 0 amide bonds. The molecule has 2 aromatic rings. The van der Waals surface area contributed by atoms with Gasteiger partial charge in [0.25, 0.3) is 0 Å². The third kappa shape index (κ3) is 5.69. The first-order valence-electron chi connectivity index (χ1n) is 8.56. The molecule has 0 aliphatic rings. The Bertz CT molecular complexity index is 838. The van der Waals surface area contributed by atoms with E-state index < -0.39 is 11.9 Å². The van der Waals surface area contributed by atoms with Crippen LogP contribution in [0.15, 0.2) is 30.3 Å². The van der Waals surface area contributed by atoms with Crippen molar-refractivity contribution in [3.05, 3.63) is 57.9 Å². The first-order valence-corrected chi connectivity index (χ1v) is 8.94. The maximum Gasteiger partial charge on any atom is 0.337 e. The van der Waals surface area contributed by atoms with E-state index in [9.17, 15) is 9.59 Å². The minimum atomic E-state index is -0.487. The third-order valence-electron chi connectivity index (χ3n) is 3.79. The van der Waals surface area contributed by atoms with Gasteiger partial charge >= 0.3 is 11.9 Å². The molecule has 0 radical (unpaired) electrons. The van der Waals surface area contributed by atoms with E-state index in [2.05, 4.69) is 23.7 Å². The predicted molar refractivity (Wildman–Crippen MR) is 103 cm³/mol. The Morgan fingerprint density at radius 2 is 1.93 bits per heavy atom. The number of hydrogen-bond donors (Lipinski definition) is 0. The lowest BCUT2D eigenvalue weighted by atomic mass is 10.1. The fraction of sp³-hybridized carbons (Fsp3) is 0.350. The smallest absolute Gasteiger partial charge is 0.337 e. The van der Waals surface area contributed by atoms with Crippen LogP contribution < -0.4 is 0 Å². The lowest BCUT2D eigenvalue weighted by Crippen LogP contribution is -2.06. The van der Waals surface area contributed by atoms with Gasteiger partial charge in [0, 0.05) is 18.2 Å². The van der Waals surface area contributed by atoms with E-state index in [1.54, 1.807) is 35.0 Å². The van der Waals surface area contributed by atoms with Gasteiger partial charge in [-0.05, 0) is 36.6 Å². The van der Waals surface area contributed by atoms with E-state index in [0.717, 1.165) is 11.3 Å². The summed E-state index contributed by atoms with van der Waals surface area (Å²) in [5.41, 5.74) is 2.67. The number of rotatable bonds is 7. The van der Waals surface area contributed by atoms with E-state index in [1.165, 1.54) is 13.2 Å². The first kappa shape index (κ1) is 20.7. The second kappa shape index (κ2) is 9.37. The number of aryl methyl sites for hydroxylation is 1. The third-order valence-corrected chi connectivity index (χ3v) is 4.19. The molecule has 0 bridgehead atoms. The van der Waals surface area contributed by atoms with Gasteiger partial charge in [-0.2, -0.15) is 5.10 Å². The molecule has 1 aromatic heterocycles. The highest BCUT2D eigenvalue weighted by molar-refractivity contribution is 6.31. The van der Waals surface area contributed by atoms with Gasteiger partial charge in [-0.1, -0.05) is 37.6 Å². The van der Waals surface area contributed by atoms with E-state index >= 15 is 0 Å². The summed E-state index contributed by atoms with van der Waals surface area (Å²) >= 11 is 6.34. The summed E-state index contributed by atoms with van der Waals surface area (Å²) in [6.45, 7) is 6.82. The highest BCUT2D eigenvalue weighted by Gasteiger charge is 2.12. The highest BCUT2D eigenvalue weighted by atomic mass is 35.5. The Labute approximate surface area is 163 Å². The van der Waals surface area contributed by atoms with Crippen LogP contribution in [0.3, 0.4) is 0 Å². The highest BCUT2D eigenvalue weighted by Crippen LogP contribution is 2.22. The van der Waals surface area contributed by atoms with Crippen LogP contribution in [0.1, 0.15) is 41.0 Å². The van der Waals surface area contributed by atoms with Crippen LogP contribution in [0.2, 0.25) is 5.15 Å². The Kier molecular flexibility index (Phi) is 7.19. The van der Waals surface area contributed by atoms with Crippen molar-refractivity contribution in [2.24, 2.45) is 5.92 Å². The van der Waals surface area contributed by atoms with Crippen LogP contribution in [0.25, 0.3) is 6.08 Å². The summed E-state index contributed by atoms with van der Waals surface area (Å²) in [4.78, 5) is 23.4.